The number of hydrogen-bond donors (Lipinski definition) is 0. The maximum atomic E-state index is 9.65. The first-order chi connectivity index (χ1) is 3.81. The Morgan fingerprint density at radius 2 is 1.50 bits per heavy atom. The van der Waals surface area contributed by atoms with Gasteiger partial charge in [0, 0.05) is 0 Å². The summed E-state index contributed by atoms with van der Waals surface area (Å²) in [5.41, 5.74) is 0. The second kappa shape index (κ2) is 3.72. The van der Waals surface area contributed by atoms with Crippen molar-refractivity contribution in [1.82, 2.24) is 0 Å². The molecule has 6 nitrogen and oxygen atoms in total. The van der Waals surface area contributed by atoms with E-state index in [9.17, 15) is 14.5 Å². The summed E-state index contributed by atoms with van der Waals surface area (Å²) in [5, 5.41) is -0.625. The highest BCUT2D eigenvalue weighted by atomic mass is 17.0. The summed E-state index contributed by atoms with van der Waals surface area (Å²) in [7, 11) is 0. The van der Waals surface area contributed by atoms with Gasteiger partial charge in [-0.15, -0.1) is 9.68 Å². The second-order valence-corrected chi connectivity index (χ2v) is 0.627. The van der Waals surface area contributed by atoms with E-state index in [0.29, 0.717) is 0 Å². The van der Waals surface area contributed by atoms with Gasteiger partial charge in [0.2, 0.25) is 0 Å². The first kappa shape index (κ1) is 6.54. The molecular weight excluding hydrogens is 118 g/mol. The quantitative estimate of drug-likeness (QED) is 0.349. The van der Waals surface area contributed by atoms with E-state index in [1.165, 1.54) is 0 Å². The monoisotopic (exact) mass is 120 g/mol. The topological polar surface area (TPSA) is 72.7 Å². The molecule has 0 amide bonds. The molecule has 0 atom stereocenters. The molecule has 0 saturated heterocycles. The van der Waals surface area contributed by atoms with E-state index >= 15 is 0 Å². The van der Waals surface area contributed by atoms with Crippen molar-refractivity contribution in [3.63, 3.8) is 0 Å². The number of hydrogen-bond acceptors (Lipinski definition) is 5. The fraction of sp³-hybridized carbons (Fsp3) is 0. The third-order valence-corrected chi connectivity index (χ3v) is 0.258. The summed E-state index contributed by atoms with van der Waals surface area (Å²) >= 11 is 0. The highest BCUT2D eigenvalue weighted by Gasteiger charge is 2.08. The molecule has 0 bridgehead atoms. The lowest BCUT2D eigenvalue weighted by molar-refractivity contribution is -0.941. The average Bonchev–Trinajstić information content (AvgIpc) is 1.68. The van der Waals surface area contributed by atoms with Crippen molar-refractivity contribution in [3.8, 4) is 0 Å². The zero-order valence-corrected chi connectivity index (χ0v) is 3.64. The van der Waals surface area contributed by atoms with Gasteiger partial charge in [0.15, 0.2) is 0 Å². The van der Waals surface area contributed by atoms with Gasteiger partial charge in [0.25, 0.3) is 0 Å². The predicted octanol–water partition coefficient (Wildman–Crippen LogP) is -1.06. The molecule has 0 radical (unpaired) electrons. The molecule has 0 unspecified atom stereocenters. The Morgan fingerprint density at radius 1 is 1.12 bits per heavy atom. The molecule has 0 aromatic rings. The molecule has 0 aliphatic heterocycles. The minimum atomic E-state index is -0.625. The molecular formula is C2H2NO5+. The smallest absolute Gasteiger partial charge is 0.248 e. The first-order valence-corrected chi connectivity index (χ1v) is 1.49. The van der Waals surface area contributed by atoms with Crippen LogP contribution in [0.4, 0.5) is 0 Å². The van der Waals surface area contributed by atoms with E-state index in [2.05, 4.69) is 9.68 Å². The lowest BCUT2D eigenvalue weighted by atomic mass is 11.6. The molecule has 44 valence electrons. The van der Waals surface area contributed by atoms with Crippen molar-refractivity contribution in [2.75, 3.05) is 0 Å². The number of carbonyl (C=O) groups is 2. The van der Waals surface area contributed by atoms with Crippen LogP contribution >= 0.6 is 0 Å². The summed E-state index contributed by atoms with van der Waals surface area (Å²) in [4.78, 5) is 35.0. The number of carbonyl (C=O) groups excluding carboxylic acids is 2. The Balaban J connectivity index is 3.32. The lowest BCUT2D eigenvalue weighted by Gasteiger charge is -1.71. The van der Waals surface area contributed by atoms with Gasteiger partial charge in [-0.2, -0.15) is 0 Å². The first-order valence-electron chi connectivity index (χ1n) is 1.49. The Morgan fingerprint density at radius 3 is 1.75 bits per heavy atom. The molecule has 0 aromatic heterocycles. The van der Waals surface area contributed by atoms with Gasteiger partial charge < -0.3 is 0 Å². The van der Waals surface area contributed by atoms with Crippen LogP contribution in [-0.4, -0.2) is 18.0 Å². The summed E-state index contributed by atoms with van der Waals surface area (Å²) in [5.74, 6) is 0. The van der Waals surface area contributed by atoms with Crippen LogP contribution in [0.25, 0.3) is 0 Å². The molecule has 0 fully saturated rings. The van der Waals surface area contributed by atoms with Gasteiger partial charge in [-0.3, -0.25) is 0 Å². The van der Waals surface area contributed by atoms with E-state index in [1.54, 1.807) is 0 Å². The van der Waals surface area contributed by atoms with Crippen molar-refractivity contribution in [3.05, 3.63) is 4.91 Å². The molecule has 0 aliphatic carbocycles. The Hall–Kier alpha value is -1.46. The van der Waals surface area contributed by atoms with Crippen molar-refractivity contribution in [2.24, 2.45) is 0 Å². The van der Waals surface area contributed by atoms with E-state index in [1.807, 2.05) is 0 Å². The van der Waals surface area contributed by atoms with Crippen LogP contribution in [0.5, 0.6) is 0 Å². The van der Waals surface area contributed by atoms with Crippen molar-refractivity contribution < 1.29 is 24.4 Å². The van der Waals surface area contributed by atoms with Crippen LogP contribution in [0.2, 0.25) is 0 Å². The van der Waals surface area contributed by atoms with E-state index in [-0.39, 0.29) is 12.9 Å². The summed E-state index contributed by atoms with van der Waals surface area (Å²) < 4.78 is 0. The van der Waals surface area contributed by atoms with Crippen molar-refractivity contribution in [2.45, 2.75) is 0 Å². The van der Waals surface area contributed by atoms with Gasteiger partial charge >= 0.3 is 18.0 Å². The van der Waals surface area contributed by atoms with Crippen LogP contribution in [0, 0.1) is 4.91 Å². The van der Waals surface area contributed by atoms with Gasteiger partial charge in [0.05, 0.1) is 0 Å². The maximum Gasteiger partial charge on any atom is 0.494 e. The summed E-state index contributed by atoms with van der Waals surface area (Å²) in [6, 6.07) is 0. The van der Waals surface area contributed by atoms with Gasteiger partial charge in [0.1, 0.15) is 4.91 Å². The zero-order chi connectivity index (χ0) is 6.41. The fourth-order valence-corrected chi connectivity index (χ4v) is 0.0951. The minimum absolute atomic E-state index is 0.170. The predicted molar refractivity (Wildman–Crippen MR) is 17.9 cm³/mol. The van der Waals surface area contributed by atoms with Crippen LogP contribution in [-0.2, 0) is 19.3 Å². The third kappa shape index (κ3) is 2.76. The van der Waals surface area contributed by atoms with Crippen molar-refractivity contribution in [1.29, 1.82) is 0 Å². The SMILES string of the molecule is O=CO[N+](=O)OC=O. The molecule has 6 heteroatoms. The van der Waals surface area contributed by atoms with Crippen LogP contribution in [0.3, 0.4) is 0 Å². The Kier molecular flexibility index (Phi) is 3.04. The largest absolute Gasteiger partial charge is 0.494 e. The average molecular weight is 120 g/mol. The molecule has 0 spiro atoms. The summed E-state index contributed by atoms with van der Waals surface area (Å²) in [6.07, 6.45) is 0. The molecule has 0 N–H and O–H groups in total. The lowest BCUT2D eigenvalue weighted by Crippen LogP contribution is -2.07. The molecule has 0 heterocycles. The third-order valence-electron chi connectivity index (χ3n) is 0.258. The van der Waals surface area contributed by atoms with E-state index in [0.717, 1.165) is 0 Å². The molecule has 0 saturated carbocycles. The van der Waals surface area contributed by atoms with Gasteiger partial charge in [-0.1, -0.05) is 0 Å². The Bertz CT molecular complexity index is 97.0. The van der Waals surface area contributed by atoms with Gasteiger partial charge in [-0.05, 0) is 0 Å². The van der Waals surface area contributed by atoms with Crippen LogP contribution in [0.1, 0.15) is 0 Å². The zero-order valence-electron chi connectivity index (χ0n) is 3.64. The number of rotatable bonds is 4. The van der Waals surface area contributed by atoms with Crippen LogP contribution < -0.4 is 0 Å². The van der Waals surface area contributed by atoms with Gasteiger partial charge in [-0.25, -0.2) is 9.59 Å². The minimum Gasteiger partial charge on any atom is -0.248 e. The van der Waals surface area contributed by atoms with E-state index in [4.69, 9.17) is 0 Å². The fourth-order valence-electron chi connectivity index (χ4n) is 0.0951. The van der Waals surface area contributed by atoms with Crippen molar-refractivity contribution >= 4 is 12.9 Å². The summed E-state index contributed by atoms with van der Waals surface area (Å²) in [6.45, 7) is -0.340. The molecule has 0 aromatic carbocycles. The normalized spacial score (nSPS) is 7.00. The molecule has 0 rings (SSSR count). The Labute approximate surface area is 43.5 Å². The highest BCUT2D eigenvalue weighted by Crippen LogP contribution is 1.69. The second-order valence-electron chi connectivity index (χ2n) is 0.627. The molecule has 8 heavy (non-hydrogen) atoms. The standard InChI is InChI=1S/C2H2NO5/c4-1-7-3(6)8-2-5/h1-2H/q+1. The molecule has 0 aliphatic rings. The maximum absolute atomic E-state index is 9.65. The van der Waals surface area contributed by atoms with Crippen LogP contribution in [0.15, 0.2) is 0 Å². The number of nitrogens with zero attached hydrogens (tertiary/aromatic N) is 1. The van der Waals surface area contributed by atoms with E-state index < -0.39 is 5.09 Å². The highest BCUT2D eigenvalue weighted by molar-refractivity contribution is 5.36.